The highest BCUT2D eigenvalue weighted by atomic mass is 15.2. The van der Waals surface area contributed by atoms with Crippen molar-refractivity contribution < 1.29 is 0 Å². The van der Waals surface area contributed by atoms with Gasteiger partial charge in [0.2, 0.25) is 0 Å². The molecule has 2 unspecified atom stereocenters. The van der Waals surface area contributed by atoms with E-state index in [1.54, 1.807) is 0 Å². The third-order valence-corrected chi connectivity index (χ3v) is 3.19. The van der Waals surface area contributed by atoms with E-state index in [1.165, 1.54) is 6.42 Å². The molecule has 0 spiro atoms. The summed E-state index contributed by atoms with van der Waals surface area (Å²) in [5.41, 5.74) is 7.71. The zero-order chi connectivity index (χ0) is 10.8. The van der Waals surface area contributed by atoms with Crippen molar-refractivity contribution in [3.05, 3.63) is 24.0 Å². The van der Waals surface area contributed by atoms with Gasteiger partial charge in [-0.2, -0.15) is 0 Å². The highest BCUT2D eigenvalue weighted by Gasteiger charge is 2.26. The second kappa shape index (κ2) is 4.19. The molecule has 0 radical (unpaired) electrons. The van der Waals surface area contributed by atoms with Crippen molar-refractivity contribution in [1.29, 1.82) is 0 Å². The van der Waals surface area contributed by atoms with Crippen LogP contribution in [0.15, 0.2) is 18.3 Å². The molecule has 0 aromatic carbocycles. The Kier molecular flexibility index (Phi) is 2.91. The summed E-state index contributed by atoms with van der Waals surface area (Å²) in [6.45, 7) is 6.64. The van der Waals surface area contributed by atoms with Crippen molar-refractivity contribution in [1.82, 2.24) is 9.88 Å². The number of pyridine rings is 1. The minimum atomic E-state index is 0.654. The fourth-order valence-electron chi connectivity index (χ4n) is 2.38. The third kappa shape index (κ3) is 2.29. The van der Waals surface area contributed by atoms with E-state index in [2.05, 4.69) is 23.7 Å². The normalized spacial score (nSPS) is 27.1. The van der Waals surface area contributed by atoms with Crippen LogP contribution in [0.1, 0.15) is 26.0 Å². The summed E-state index contributed by atoms with van der Waals surface area (Å²) >= 11 is 0. The molecule has 0 bridgehead atoms. The van der Waals surface area contributed by atoms with Gasteiger partial charge in [0.15, 0.2) is 0 Å². The molecular formula is C12H19N3. The Morgan fingerprint density at radius 3 is 2.93 bits per heavy atom. The van der Waals surface area contributed by atoms with Crippen LogP contribution in [0.2, 0.25) is 0 Å². The Labute approximate surface area is 91.3 Å². The number of hydrogen-bond donors (Lipinski definition) is 1. The Morgan fingerprint density at radius 1 is 1.53 bits per heavy atom. The van der Waals surface area contributed by atoms with Gasteiger partial charge in [-0.15, -0.1) is 0 Å². The lowest BCUT2D eigenvalue weighted by atomic mass is 10.1. The van der Waals surface area contributed by atoms with Gasteiger partial charge in [0.25, 0.3) is 0 Å². The SMILES string of the molecule is CC1CC(C)N(Cc2ncccc2N)C1. The summed E-state index contributed by atoms with van der Waals surface area (Å²) in [6.07, 6.45) is 3.10. The molecule has 82 valence electrons. The molecule has 2 atom stereocenters. The van der Waals surface area contributed by atoms with E-state index < -0.39 is 0 Å². The standard InChI is InChI=1S/C12H19N3/c1-9-6-10(2)15(7-9)8-12-11(13)4-3-5-14-12/h3-5,9-10H,6-8,13H2,1-2H3. The van der Waals surface area contributed by atoms with E-state index in [1.807, 2.05) is 18.3 Å². The van der Waals surface area contributed by atoms with Gasteiger partial charge in [0.05, 0.1) is 11.4 Å². The molecule has 2 N–H and O–H groups in total. The lowest BCUT2D eigenvalue weighted by Crippen LogP contribution is -2.27. The molecule has 0 aliphatic carbocycles. The van der Waals surface area contributed by atoms with Gasteiger partial charge < -0.3 is 5.73 Å². The van der Waals surface area contributed by atoms with Crippen molar-refractivity contribution >= 4 is 5.69 Å². The number of nitrogens with two attached hydrogens (primary N) is 1. The van der Waals surface area contributed by atoms with Crippen LogP contribution < -0.4 is 5.73 Å². The molecule has 1 aromatic rings. The van der Waals surface area contributed by atoms with Crippen molar-refractivity contribution in [3.63, 3.8) is 0 Å². The monoisotopic (exact) mass is 205 g/mol. The van der Waals surface area contributed by atoms with Crippen LogP contribution in [0.4, 0.5) is 5.69 Å². The van der Waals surface area contributed by atoms with Crippen LogP contribution >= 0.6 is 0 Å². The molecule has 0 amide bonds. The van der Waals surface area contributed by atoms with Crippen molar-refractivity contribution in [2.75, 3.05) is 12.3 Å². The molecule has 0 saturated carbocycles. The zero-order valence-corrected chi connectivity index (χ0v) is 9.48. The quantitative estimate of drug-likeness (QED) is 0.801. The van der Waals surface area contributed by atoms with E-state index in [9.17, 15) is 0 Å². The fourth-order valence-corrected chi connectivity index (χ4v) is 2.38. The van der Waals surface area contributed by atoms with Crippen LogP contribution in [-0.2, 0) is 6.54 Å². The number of aromatic nitrogens is 1. The summed E-state index contributed by atoms with van der Waals surface area (Å²) < 4.78 is 0. The Morgan fingerprint density at radius 2 is 2.33 bits per heavy atom. The van der Waals surface area contributed by atoms with E-state index in [-0.39, 0.29) is 0 Å². The second-order valence-electron chi connectivity index (χ2n) is 4.66. The summed E-state index contributed by atoms with van der Waals surface area (Å²) in [4.78, 5) is 6.80. The summed E-state index contributed by atoms with van der Waals surface area (Å²) in [5.74, 6) is 0.796. The molecule has 1 aliphatic heterocycles. The number of nitrogen functional groups attached to an aromatic ring is 1. The first kappa shape index (κ1) is 10.4. The second-order valence-corrected chi connectivity index (χ2v) is 4.66. The summed E-state index contributed by atoms with van der Waals surface area (Å²) in [6, 6.07) is 4.46. The summed E-state index contributed by atoms with van der Waals surface area (Å²) in [5, 5.41) is 0. The number of nitrogens with zero attached hydrogens (tertiary/aromatic N) is 2. The maximum atomic E-state index is 5.89. The van der Waals surface area contributed by atoms with Crippen molar-refractivity contribution in [3.8, 4) is 0 Å². The minimum absolute atomic E-state index is 0.654. The van der Waals surface area contributed by atoms with Gasteiger partial charge in [-0.1, -0.05) is 6.92 Å². The van der Waals surface area contributed by atoms with Crippen LogP contribution in [0.5, 0.6) is 0 Å². The highest BCUT2D eigenvalue weighted by Crippen LogP contribution is 2.24. The molecule has 1 fully saturated rings. The van der Waals surface area contributed by atoms with Crippen molar-refractivity contribution in [2.24, 2.45) is 5.92 Å². The maximum absolute atomic E-state index is 5.89. The number of likely N-dealkylation sites (tertiary alicyclic amines) is 1. The number of anilines is 1. The maximum Gasteiger partial charge on any atom is 0.0772 e. The molecular weight excluding hydrogens is 186 g/mol. The topological polar surface area (TPSA) is 42.2 Å². The average Bonchev–Trinajstić information content (AvgIpc) is 2.49. The number of rotatable bonds is 2. The van der Waals surface area contributed by atoms with Gasteiger partial charge in [-0.3, -0.25) is 9.88 Å². The van der Waals surface area contributed by atoms with Gasteiger partial charge in [-0.05, 0) is 31.4 Å². The van der Waals surface area contributed by atoms with Crippen molar-refractivity contribution in [2.45, 2.75) is 32.9 Å². The van der Waals surface area contributed by atoms with Gasteiger partial charge in [0.1, 0.15) is 0 Å². The van der Waals surface area contributed by atoms with E-state index >= 15 is 0 Å². The predicted molar refractivity (Wildman–Crippen MR) is 62.3 cm³/mol. The Hall–Kier alpha value is -1.09. The van der Waals surface area contributed by atoms with Crippen LogP contribution in [0.3, 0.4) is 0 Å². The zero-order valence-electron chi connectivity index (χ0n) is 9.48. The molecule has 2 rings (SSSR count). The van der Waals surface area contributed by atoms with E-state index in [0.29, 0.717) is 6.04 Å². The lowest BCUT2D eigenvalue weighted by Gasteiger charge is -2.20. The lowest BCUT2D eigenvalue weighted by molar-refractivity contribution is 0.254. The third-order valence-electron chi connectivity index (χ3n) is 3.19. The average molecular weight is 205 g/mol. The highest BCUT2D eigenvalue weighted by molar-refractivity contribution is 5.41. The number of hydrogen-bond acceptors (Lipinski definition) is 3. The van der Waals surface area contributed by atoms with Crippen LogP contribution in [0.25, 0.3) is 0 Å². The van der Waals surface area contributed by atoms with Gasteiger partial charge in [-0.25, -0.2) is 0 Å². The molecule has 3 heteroatoms. The Balaban J connectivity index is 2.06. The van der Waals surface area contributed by atoms with Crippen LogP contribution in [0, 0.1) is 5.92 Å². The van der Waals surface area contributed by atoms with Gasteiger partial charge in [0, 0.05) is 25.3 Å². The molecule has 3 nitrogen and oxygen atoms in total. The Bertz CT molecular complexity index is 337. The van der Waals surface area contributed by atoms with E-state index in [0.717, 1.165) is 30.4 Å². The predicted octanol–water partition coefficient (Wildman–Crippen LogP) is 1.89. The molecule has 1 saturated heterocycles. The first-order valence-electron chi connectivity index (χ1n) is 5.60. The minimum Gasteiger partial charge on any atom is -0.397 e. The first-order valence-corrected chi connectivity index (χ1v) is 5.60. The summed E-state index contributed by atoms with van der Waals surface area (Å²) in [7, 11) is 0. The van der Waals surface area contributed by atoms with E-state index in [4.69, 9.17) is 5.73 Å². The first-order chi connectivity index (χ1) is 7.16. The molecule has 1 aromatic heterocycles. The fraction of sp³-hybridized carbons (Fsp3) is 0.583. The largest absolute Gasteiger partial charge is 0.397 e. The molecule has 15 heavy (non-hydrogen) atoms. The smallest absolute Gasteiger partial charge is 0.0772 e. The van der Waals surface area contributed by atoms with Gasteiger partial charge >= 0.3 is 0 Å². The van der Waals surface area contributed by atoms with Crippen LogP contribution in [-0.4, -0.2) is 22.5 Å². The molecule has 2 heterocycles. The molecule has 1 aliphatic rings.